The van der Waals surface area contributed by atoms with E-state index in [-0.39, 0.29) is 18.1 Å². The van der Waals surface area contributed by atoms with Crippen LogP contribution in [-0.2, 0) is 4.79 Å². The van der Waals surface area contributed by atoms with Crippen molar-refractivity contribution in [2.24, 2.45) is 5.73 Å². The predicted molar refractivity (Wildman–Crippen MR) is 50.1 cm³/mol. The van der Waals surface area contributed by atoms with Crippen molar-refractivity contribution < 1.29 is 9.90 Å². The fraction of sp³-hybridized carbons (Fsp3) is 0.889. The molecule has 0 saturated carbocycles. The highest BCUT2D eigenvalue weighted by atomic mass is 16.3. The third kappa shape index (κ3) is 3.32. The Labute approximate surface area is 78.7 Å². The predicted octanol–water partition coefficient (Wildman–Crippen LogP) is -0.293. The van der Waals surface area contributed by atoms with Gasteiger partial charge in [-0.1, -0.05) is 0 Å². The number of likely N-dealkylation sites (tertiary alicyclic amines) is 1. The number of carbonyl (C=O) groups excluding carboxylic acids is 1. The molecule has 0 spiro atoms. The highest BCUT2D eigenvalue weighted by molar-refractivity contribution is 5.76. The summed E-state index contributed by atoms with van der Waals surface area (Å²) >= 11 is 0. The second-order valence-corrected chi connectivity index (χ2v) is 3.82. The molecule has 2 unspecified atom stereocenters. The maximum absolute atomic E-state index is 11.5. The molecule has 1 saturated heterocycles. The molecule has 1 rings (SSSR count). The first kappa shape index (κ1) is 10.5. The van der Waals surface area contributed by atoms with Crippen molar-refractivity contribution in [3.05, 3.63) is 0 Å². The lowest BCUT2D eigenvalue weighted by Gasteiger charge is -2.30. The molecule has 0 aromatic rings. The van der Waals surface area contributed by atoms with Crippen molar-refractivity contribution >= 4 is 5.91 Å². The number of β-amino-alcohol motifs (C(OH)–C–C–N with tert-alkyl or cyclic N) is 1. The molecule has 3 N–H and O–H groups in total. The fourth-order valence-electron chi connectivity index (χ4n) is 1.59. The highest BCUT2D eigenvalue weighted by Crippen LogP contribution is 2.11. The van der Waals surface area contributed by atoms with Crippen LogP contribution in [0.2, 0.25) is 0 Å². The summed E-state index contributed by atoms with van der Waals surface area (Å²) in [6.07, 6.45) is 1.74. The van der Waals surface area contributed by atoms with Gasteiger partial charge in [0.2, 0.25) is 5.91 Å². The second kappa shape index (κ2) is 4.58. The molecular weight excluding hydrogens is 168 g/mol. The minimum absolute atomic E-state index is 0.0637. The van der Waals surface area contributed by atoms with Crippen molar-refractivity contribution in [3.63, 3.8) is 0 Å². The molecule has 1 aliphatic heterocycles. The Morgan fingerprint density at radius 2 is 2.46 bits per heavy atom. The van der Waals surface area contributed by atoms with Crippen LogP contribution in [0.5, 0.6) is 0 Å². The lowest BCUT2D eigenvalue weighted by Crippen LogP contribution is -2.43. The quantitative estimate of drug-likeness (QED) is 0.622. The molecule has 1 amide bonds. The molecule has 0 aromatic heterocycles. The maximum Gasteiger partial charge on any atom is 0.224 e. The third-order valence-electron chi connectivity index (χ3n) is 2.25. The molecule has 1 aliphatic rings. The van der Waals surface area contributed by atoms with Gasteiger partial charge in [0.05, 0.1) is 6.10 Å². The van der Waals surface area contributed by atoms with E-state index < -0.39 is 0 Å². The molecule has 13 heavy (non-hydrogen) atoms. The number of aliphatic hydroxyl groups excluding tert-OH is 1. The minimum atomic E-state index is -0.342. The van der Waals surface area contributed by atoms with Gasteiger partial charge in [-0.2, -0.15) is 0 Å². The van der Waals surface area contributed by atoms with E-state index in [1.54, 1.807) is 4.90 Å². The summed E-state index contributed by atoms with van der Waals surface area (Å²) in [5.74, 6) is 0.0637. The van der Waals surface area contributed by atoms with E-state index in [0.29, 0.717) is 13.0 Å². The molecule has 1 fully saturated rings. The highest BCUT2D eigenvalue weighted by Gasteiger charge is 2.22. The van der Waals surface area contributed by atoms with Gasteiger partial charge in [-0.05, 0) is 19.8 Å². The van der Waals surface area contributed by atoms with E-state index in [1.807, 2.05) is 6.92 Å². The summed E-state index contributed by atoms with van der Waals surface area (Å²) < 4.78 is 0. The van der Waals surface area contributed by atoms with Crippen LogP contribution in [0.25, 0.3) is 0 Å². The van der Waals surface area contributed by atoms with Crippen molar-refractivity contribution in [2.45, 2.75) is 38.3 Å². The van der Waals surface area contributed by atoms with Crippen LogP contribution in [0.4, 0.5) is 0 Å². The monoisotopic (exact) mass is 186 g/mol. The van der Waals surface area contributed by atoms with Crippen LogP contribution in [0.15, 0.2) is 0 Å². The SMILES string of the molecule is CC(N)CC(=O)N1CCCC(O)C1. The number of rotatable bonds is 2. The smallest absolute Gasteiger partial charge is 0.224 e. The van der Waals surface area contributed by atoms with E-state index in [4.69, 9.17) is 5.73 Å². The Bertz CT molecular complexity index is 182. The fourth-order valence-corrected chi connectivity index (χ4v) is 1.59. The number of amides is 1. The lowest BCUT2D eigenvalue weighted by molar-refractivity contribution is -0.134. The number of nitrogens with zero attached hydrogens (tertiary/aromatic N) is 1. The second-order valence-electron chi connectivity index (χ2n) is 3.82. The van der Waals surface area contributed by atoms with Gasteiger partial charge in [0, 0.05) is 25.6 Å². The average Bonchev–Trinajstić information content (AvgIpc) is 2.03. The summed E-state index contributed by atoms with van der Waals surface area (Å²) in [7, 11) is 0. The van der Waals surface area contributed by atoms with Gasteiger partial charge in [0.15, 0.2) is 0 Å². The summed E-state index contributed by atoms with van der Waals surface area (Å²) in [6.45, 7) is 3.06. The number of hydrogen-bond acceptors (Lipinski definition) is 3. The van der Waals surface area contributed by atoms with Gasteiger partial charge in [-0.3, -0.25) is 4.79 Å². The van der Waals surface area contributed by atoms with E-state index in [1.165, 1.54) is 0 Å². The largest absolute Gasteiger partial charge is 0.391 e. The van der Waals surface area contributed by atoms with Gasteiger partial charge >= 0.3 is 0 Å². The summed E-state index contributed by atoms with van der Waals surface area (Å²) in [5.41, 5.74) is 5.52. The molecule has 0 aliphatic carbocycles. The maximum atomic E-state index is 11.5. The number of nitrogens with two attached hydrogens (primary N) is 1. The van der Waals surface area contributed by atoms with Crippen LogP contribution < -0.4 is 5.73 Å². The number of piperidine rings is 1. The average molecular weight is 186 g/mol. The summed E-state index contributed by atoms with van der Waals surface area (Å²) in [5, 5.41) is 9.34. The molecule has 76 valence electrons. The number of aliphatic hydroxyl groups is 1. The van der Waals surface area contributed by atoms with Crippen LogP contribution in [0, 0.1) is 0 Å². The van der Waals surface area contributed by atoms with E-state index in [0.717, 1.165) is 19.4 Å². The van der Waals surface area contributed by atoms with Crippen molar-refractivity contribution in [2.75, 3.05) is 13.1 Å². The first-order valence-electron chi connectivity index (χ1n) is 4.81. The normalized spacial score (nSPS) is 25.8. The van der Waals surface area contributed by atoms with E-state index >= 15 is 0 Å². The Hall–Kier alpha value is -0.610. The summed E-state index contributed by atoms with van der Waals surface area (Å²) in [4.78, 5) is 13.2. The van der Waals surface area contributed by atoms with Crippen LogP contribution in [0.3, 0.4) is 0 Å². The van der Waals surface area contributed by atoms with Gasteiger partial charge in [0.1, 0.15) is 0 Å². The van der Waals surface area contributed by atoms with Crippen molar-refractivity contribution in [3.8, 4) is 0 Å². The number of carbonyl (C=O) groups is 1. The van der Waals surface area contributed by atoms with Gasteiger partial charge in [0.25, 0.3) is 0 Å². The molecule has 4 heteroatoms. The Morgan fingerprint density at radius 3 is 3.00 bits per heavy atom. The zero-order valence-corrected chi connectivity index (χ0v) is 8.07. The van der Waals surface area contributed by atoms with Gasteiger partial charge in [-0.15, -0.1) is 0 Å². The molecule has 0 aromatic carbocycles. The Kier molecular flexibility index (Phi) is 3.69. The van der Waals surface area contributed by atoms with Crippen LogP contribution in [-0.4, -0.2) is 41.1 Å². The third-order valence-corrected chi connectivity index (χ3v) is 2.25. The molecule has 1 heterocycles. The first-order chi connectivity index (χ1) is 6.09. The molecule has 4 nitrogen and oxygen atoms in total. The molecular formula is C9H18N2O2. The van der Waals surface area contributed by atoms with Crippen molar-refractivity contribution in [1.82, 2.24) is 4.90 Å². The van der Waals surface area contributed by atoms with Crippen molar-refractivity contribution in [1.29, 1.82) is 0 Å². The van der Waals surface area contributed by atoms with E-state index in [2.05, 4.69) is 0 Å². The van der Waals surface area contributed by atoms with Gasteiger partial charge < -0.3 is 15.7 Å². The van der Waals surface area contributed by atoms with Crippen LogP contribution in [0.1, 0.15) is 26.2 Å². The zero-order valence-electron chi connectivity index (χ0n) is 8.07. The topological polar surface area (TPSA) is 66.6 Å². The molecule has 2 atom stereocenters. The molecule has 0 bridgehead atoms. The van der Waals surface area contributed by atoms with Crippen LogP contribution >= 0.6 is 0 Å². The van der Waals surface area contributed by atoms with Gasteiger partial charge in [-0.25, -0.2) is 0 Å². The standard InChI is InChI=1S/C9H18N2O2/c1-7(10)5-9(13)11-4-2-3-8(12)6-11/h7-8,12H,2-6,10H2,1H3. The number of hydrogen-bond donors (Lipinski definition) is 2. The minimum Gasteiger partial charge on any atom is -0.391 e. The van der Waals surface area contributed by atoms with E-state index in [9.17, 15) is 9.90 Å². The first-order valence-corrected chi connectivity index (χ1v) is 4.81. The summed E-state index contributed by atoms with van der Waals surface area (Å²) in [6, 6.07) is -0.0911. The zero-order chi connectivity index (χ0) is 9.84. The molecule has 0 radical (unpaired) electrons. The Morgan fingerprint density at radius 1 is 1.77 bits per heavy atom. The lowest BCUT2D eigenvalue weighted by atomic mass is 10.1. The Balaban J connectivity index is 2.37.